The van der Waals surface area contributed by atoms with E-state index in [4.69, 9.17) is 0 Å². The number of nitrogens with zero attached hydrogens (tertiary/aromatic N) is 1. The zero-order valence-corrected chi connectivity index (χ0v) is 19.1. The molecule has 1 heterocycles. The van der Waals surface area contributed by atoms with Crippen LogP contribution < -0.4 is 0 Å². The molecular formula is C27H41N. The molecule has 0 bridgehead atoms. The van der Waals surface area contributed by atoms with E-state index >= 15 is 0 Å². The molecule has 0 saturated heterocycles. The highest BCUT2D eigenvalue weighted by atomic mass is 14.7. The molecule has 2 fully saturated rings. The number of rotatable bonds is 7. The summed E-state index contributed by atoms with van der Waals surface area (Å²) in [5, 5.41) is 0. The number of hydrogen-bond donors (Lipinski definition) is 0. The third-order valence-corrected chi connectivity index (χ3v) is 8.10. The minimum absolute atomic E-state index is 0.0101. The van der Waals surface area contributed by atoms with E-state index in [1.807, 2.05) is 0 Å². The summed E-state index contributed by atoms with van der Waals surface area (Å²) in [5.41, 5.74) is 2.50. The van der Waals surface area contributed by atoms with Crippen molar-refractivity contribution in [2.24, 2.45) is 34.5 Å². The van der Waals surface area contributed by atoms with Crippen molar-refractivity contribution in [2.45, 2.75) is 92.9 Å². The first-order valence-corrected chi connectivity index (χ1v) is 11.7. The van der Waals surface area contributed by atoms with Gasteiger partial charge in [0.25, 0.3) is 0 Å². The van der Waals surface area contributed by atoms with Crippen molar-refractivity contribution in [1.82, 2.24) is 4.98 Å². The van der Waals surface area contributed by atoms with Gasteiger partial charge in [0.05, 0.1) is 0 Å². The number of pyridine rings is 1. The first kappa shape index (κ1) is 21.4. The fourth-order valence-corrected chi connectivity index (χ4v) is 4.90. The van der Waals surface area contributed by atoms with Crippen molar-refractivity contribution in [3.63, 3.8) is 0 Å². The van der Waals surface area contributed by atoms with Gasteiger partial charge in [-0.05, 0) is 105 Å². The Bertz CT molecular complexity index is 688. The van der Waals surface area contributed by atoms with Crippen molar-refractivity contribution in [3.05, 3.63) is 29.6 Å². The summed E-state index contributed by atoms with van der Waals surface area (Å²) >= 11 is 0. The molecule has 1 aromatic rings. The van der Waals surface area contributed by atoms with E-state index in [9.17, 15) is 0 Å². The molecule has 1 aromatic heterocycles. The SMILES string of the molecule is CCC1CC(Cc2ccc(C#CC(C)(C)C(C)(C)CCC3CC(C)C3)nc2)C1. The number of aromatic nitrogens is 1. The van der Waals surface area contributed by atoms with Crippen molar-refractivity contribution in [2.75, 3.05) is 0 Å². The predicted molar refractivity (Wildman–Crippen MR) is 120 cm³/mol. The molecule has 0 amide bonds. The Morgan fingerprint density at radius 1 is 1.00 bits per heavy atom. The Morgan fingerprint density at radius 2 is 1.71 bits per heavy atom. The van der Waals surface area contributed by atoms with Gasteiger partial charge in [-0.2, -0.15) is 0 Å². The van der Waals surface area contributed by atoms with Gasteiger partial charge in [0, 0.05) is 11.6 Å². The van der Waals surface area contributed by atoms with Crippen molar-refractivity contribution < 1.29 is 0 Å². The zero-order valence-electron chi connectivity index (χ0n) is 19.1. The van der Waals surface area contributed by atoms with Gasteiger partial charge in [0.2, 0.25) is 0 Å². The third-order valence-electron chi connectivity index (χ3n) is 8.10. The summed E-state index contributed by atoms with van der Waals surface area (Å²) in [6, 6.07) is 4.36. The van der Waals surface area contributed by atoms with Crippen LogP contribution in [0.15, 0.2) is 18.3 Å². The highest BCUT2D eigenvalue weighted by Gasteiger charge is 2.37. The van der Waals surface area contributed by atoms with Gasteiger partial charge in [0.1, 0.15) is 5.69 Å². The maximum Gasteiger partial charge on any atom is 0.113 e. The van der Waals surface area contributed by atoms with Crippen LogP contribution in [0.5, 0.6) is 0 Å². The van der Waals surface area contributed by atoms with E-state index in [1.54, 1.807) is 0 Å². The standard InChI is InChI=1S/C27H41N/c1-7-21-16-24(17-21)18-23-8-9-25(28-19-23)11-13-27(5,6)26(3,4)12-10-22-14-20(2)15-22/h8-9,19-22,24H,7,10,12,14-18H2,1-6H3. The maximum absolute atomic E-state index is 4.65. The average Bonchev–Trinajstić information content (AvgIpc) is 2.59. The fraction of sp³-hybridized carbons (Fsp3) is 0.741. The molecule has 0 N–H and O–H groups in total. The van der Waals surface area contributed by atoms with E-state index in [1.165, 1.54) is 56.9 Å². The van der Waals surface area contributed by atoms with Gasteiger partial charge < -0.3 is 0 Å². The second-order valence-corrected chi connectivity index (χ2v) is 11.1. The average molecular weight is 380 g/mol. The fourth-order valence-electron chi connectivity index (χ4n) is 4.90. The molecule has 0 aliphatic heterocycles. The van der Waals surface area contributed by atoms with Crippen LogP contribution in [0.3, 0.4) is 0 Å². The van der Waals surface area contributed by atoms with E-state index in [2.05, 4.69) is 76.7 Å². The lowest BCUT2D eigenvalue weighted by Gasteiger charge is -2.41. The normalized spacial score (nSPS) is 27.4. The van der Waals surface area contributed by atoms with Crippen LogP contribution in [-0.4, -0.2) is 4.98 Å². The van der Waals surface area contributed by atoms with Gasteiger partial charge in [-0.25, -0.2) is 4.98 Å². The van der Waals surface area contributed by atoms with Crippen LogP contribution in [0.4, 0.5) is 0 Å². The van der Waals surface area contributed by atoms with Crippen LogP contribution in [0.1, 0.15) is 97.7 Å². The van der Waals surface area contributed by atoms with Crippen LogP contribution in [0, 0.1) is 46.3 Å². The van der Waals surface area contributed by atoms with E-state index in [-0.39, 0.29) is 10.8 Å². The maximum atomic E-state index is 4.65. The Hall–Kier alpha value is -1.29. The Labute approximate surface area is 174 Å². The molecule has 2 aliphatic rings. The monoisotopic (exact) mass is 379 g/mol. The molecule has 1 heteroatoms. The first-order chi connectivity index (χ1) is 13.2. The van der Waals surface area contributed by atoms with Gasteiger partial charge in [-0.1, -0.05) is 46.1 Å². The molecule has 0 radical (unpaired) electrons. The summed E-state index contributed by atoms with van der Waals surface area (Å²) in [5.74, 6) is 10.7. The van der Waals surface area contributed by atoms with Crippen LogP contribution >= 0.6 is 0 Å². The summed E-state index contributed by atoms with van der Waals surface area (Å²) in [7, 11) is 0. The minimum Gasteiger partial charge on any atom is -0.248 e. The predicted octanol–water partition coefficient (Wildman–Crippen LogP) is 7.29. The molecule has 0 unspecified atom stereocenters. The lowest BCUT2D eigenvalue weighted by molar-refractivity contribution is 0.116. The van der Waals surface area contributed by atoms with E-state index in [0.717, 1.165) is 29.4 Å². The Morgan fingerprint density at radius 3 is 2.29 bits per heavy atom. The number of hydrogen-bond acceptors (Lipinski definition) is 1. The lowest BCUT2D eigenvalue weighted by atomic mass is 9.63. The second-order valence-electron chi connectivity index (χ2n) is 11.1. The Balaban J connectivity index is 1.53. The van der Waals surface area contributed by atoms with Gasteiger partial charge in [-0.15, -0.1) is 0 Å². The summed E-state index contributed by atoms with van der Waals surface area (Å²) in [4.78, 5) is 4.65. The van der Waals surface area contributed by atoms with Crippen molar-refractivity contribution in [1.29, 1.82) is 0 Å². The van der Waals surface area contributed by atoms with Gasteiger partial charge >= 0.3 is 0 Å². The van der Waals surface area contributed by atoms with E-state index in [0.29, 0.717) is 0 Å². The first-order valence-electron chi connectivity index (χ1n) is 11.7. The molecule has 2 saturated carbocycles. The highest BCUT2D eigenvalue weighted by molar-refractivity contribution is 5.31. The largest absolute Gasteiger partial charge is 0.248 e. The van der Waals surface area contributed by atoms with Crippen LogP contribution in [0.2, 0.25) is 0 Å². The van der Waals surface area contributed by atoms with Crippen molar-refractivity contribution in [3.8, 4) is 11.8 Å². The molecule has 0 atom stereocenters. The zero-order chi connectivity index (χ0) is 20.4. The summed E-state index contributed by atoms with van der Waals surface area (Å²) in [6.45, 7) is 14.1. The highest BCUT2D eigenvalue weighted by Crippen LogP contribution is 2.45. The summed E-state index contributed by atoms with van der Waals surface area (Å²) < 4.78 is 0. The molecule has 28 heavy (non-hydrogen) atoms. The quantitative estimate of drug-likeness (QED) is 0.453. The van der Waals surface area contributed by atoms with Crippen LogP contribution in [-0.2, 0) is 6.42 Å². The molecule has 154 valence electrons. The van der Waals surface area contributed by atoms with Gasteiger partial charge in [0.15, 0.2) is 0 Å². The molecule has 0 aromatic carbocycles. The lowest BCUT2D eigenvalue weighted by Crippen LogP contribution is -2.33. The molecule has 0 spiro atoms. The topological polar surface area (TPSA) is 12.9 Å². The minimum atomic E-state index is -0.0101. The summed E-state index contributed by atoms with van der Waals surface area (Å²) in [6.07, 6.45) is 12.9. The van der Waals surface area contributed by atoms with Crippen molar-refractivity contribution >= 4 is 0 Å². The van der Waals surface area contributed by atoms with Crippen LogP contribution in [0.25, 0.3) is 0 Å². The molecule has 2 aliphatic carbocycles. The molecule has 1 nitrogen and oxygen atoms in total. The van der Waals surface area contributed by atoms with E-state index < -0.39 is 0 Å². The molecule has 3 rings (SSSR count). The Kier molecular flexibility index (Phi) is 6.58. The second kappa shape index (κ2) is 8.61. The molecular weight excluding hydrogens is 338 g/mol. The smallest absolute Gasteiger partial charge is 0.113 e. The van der Waals surface area contributed by atoms with Gasteiger partial charge in [-0.3, -0.25) is 0 Å². The third kappa shape index (κ3) is 5.20.